The van der Waals surface area contributed by atoms with Crippen LogP contribution in [0.5, 0.6) is 0 Å². The number of urea groups is 1. The maximum Gasteiger partial charge on any atom is 0.419 e. The number of nitrogens with one attached hydrogen (secondary N) is 3. The Morgan fingerprint density at radius 2 is 2.03 bits per heavy atom. The van der Waals surface area contributed by atoms with Crippen molar-refractivity contribution in [2.45, 2.75) is 19.5 Å². The van der Waals surface area contributed by atoms with E-state index in [1.165, 1.54) is 23.4 Å². The molecule has 0 unspecified atom stereocenters. The molecule has 0 aromatic carbocycles. The number of amidine groups is 1. The van der Waals surface area contributed by atoms with Crippen LogP contribution in [-0.4, -0.2) is 44.4 Å². The highest BCUT2D eigenvalue weighted by Gasteiger charge is 2.34. The van der Waals surface area contributed by atoms with E-state index in [1.54, 1.807) is 0 Å². The number of imidazole rings is 1. The molecule has 3 aromatic rings. The average Bonchev–Trinajstić information content (AvgIpc) is 3.07. The number of hydrogen-bond acceptors (Lipinski definition) is 6. The number of nitrogens with two attached hydrogens (primary N) is 3. The highest BCUT2D eigenvalue weighted by atomic mass is 19.4. The lowest BCUT2D eigenvalue weighted by Crippen LogP contribution is -2.88. The summed E-state index contributed by atoms with van der Waals surface area (Å²) in [7, 11) is 0. The third kappa shape index (κ3) is 5.61. The van der Waals surface area contributed by atoms with Crippen LogP contribution in [0.3, 0.4) is 0 Å². The molecule has 0 saturated heterocycles. The Morgan fingerprint density at radius 3 is 2.71 bits per heavy atom. The van der Waals surface area contributed by atoms with Crippen LogP contribution in [0.25, 0.3) is 16.8 Å². The van der Waals surface area contributed by atoms with Gasteiger partial charge in [-0.05, 0) is 25.1 Å². The second-order valence-corrected chi connectivity index (χ2v) is 7.11. The molecule has 3 rings (SSSR count). The lowest BCUT2D eigenvalue weighted by atomic mass is 10.1. The monoisotopic (exact) mass is 483 g/mol. The highest BCUT2D eigenvalue weighted by molar-refractivity contribution is 5.89. The van der Waals surface area contributed by atoms with Crippen molar-refractivity contribution in [2.24, 2.45) is 11.6 Å². The van der Waals surface area contributed by atoms with E-state index in [9.17, 15) is 22.4 Å². The van der Waals surface area contributed by atoms with E-state index in [0.29, 0.717) is 12.4 Å². The Hall–Kier alpha value is -4.14. The van der Waals surface area contributed by atoms with E-state index >= 15 is 0 Å². The average molecular weight is 483 g/mol. The number of alkyl halides is 3. The van der Waals surface area contributed by atoms with Crippen LogP contribution < -0.4 is 33.0 Å². The van der Waals surface area contributed by atoms with Crippen molar-refractivity contribution in [3.63, 3.8) is 0 Å². The Morgan fingerprint density at radius 1 is 1.29 bits per heavy atom. The normalized spacial score (nSPS) is 12.1. The first-order valence-corrected chi connectivity index (χ1v) is 9.95. The number of hydrazone groups is 1. The minimum atomic E-state index is -4.69. The van der Waals surface area contributed by atoms with E-state index in [4.69, 9.17) is 17.3 Å². The fourth-order valence-corrected chi connectivity index (χ4v) is 2.91. The van der Waals surface area contributed by atoms with Gasteiger partial charge in [-0.2, -0.15) is 27.8 Å². The largest absolute Gasteiger partial charge is 0.419 e. The summed E-state index contributed by atoms with van der Waals surface area (Å²) in [6.07, 6.45) is -2.05. The predicted octanol–water partition coefficient (Wildman–Crippen LogP) is 0.196. The molecule has 0 atom stereocenters. The molecule has 11 nitrogen and oxygen atoms in total. The predicted molar refractivity (Wildman–Crippen MR) is 116 cm³/mol. The summed E-state index contributed by atoms with van der Waals surface area (Å²) in [5.74, 6) is 3.93. The maximum absolute atomic E-state index is 14.8. The summed E-state index contributed by atoms with van der Waals surface area (Å²) in [5, 5.41) is 8.74. The van der Waals surface area contributed by atoms with Gasteiger partial charge in [0.1, 0.15) is 11.5 Å². The van der Waals surface area contributed by atoms with E-state index in [-0.39, 0.29) is 35.6 Å². The third-order valence-corrected chi connectivity index (χ3v) is 4.66. The van der Waals surface area contributed by atoms with Crippen LogP contribution in [0.2, 0.25) is 0 Å². The smallest absolute Gasteiger partial charge is 0.383 e. The zero-order valence-corrected chi connectivity index (χ0v) is 17.9. The molecular formula is C19H23F4N10O+. The zero-order chi connectivity index (χ0) is 25.0. The molecule has 34 heavy (non-hydrogen) atoms. The molecule has 0 aliphatic rings. The topological polar surface area (TPSA) is 167 Å². The summed E-state index contributed by atoms with van der Waals surface area (Å²) in [4.78, 5) is 19.6. The first kappa shape index (κ1) is 24.5. The van der Waals surface area contributed by atoms with E-state index in [1.807, 2.05) is 6.92 Å². The van der Waals surface area contributed by atoms with E-state index in [2.05, 4.69) is 25.7 Å². The SMILES string of the molecule is CCN(N)/[NH+]=C(\N)CCNC(=O)Nc1nc2ccc(-c3cnc(N)c(C(F)(F)F)c3)cn2c1F. The quantitative estimate of drug-likeness (QED) is 0.0918. The molecule has 15 heteroatoms. The minimum absolute atomic E-state index is 0.0744. The van der Waals surface area contributed by atoms with Crippen LogP contribution in [0.1, 0.15) is 18.9 Å². The van der Waals surface area contributed by atoms with E-state index in [0.717, 1.165) is 16.7 Å². The number of amides is 2. The van der Waals surface area contributed by atoms with Crippen molar-refractivity contribution in [1.82, 2.24) is 24.8 Å². The summed E-state index contributed by atoms with van der Waals surface area (Å²) in [5.41, 5.74) is 10.4. The molecule has 0 fully saturated rings. The van der Waals surface area contributed by atoms with Crippen molar-refractivity contribution >= 4 is 29.1 Å². The van der Waals surface area contributed by atoms with Crippen LogP contribution in [0.4, 0.5) is 34.0 Å². The van der Waals surface area contributed by atoms with Gasteiger partial charge in [0.15, 0.2) is 5.82 Å². The van der Waals surface area contributed by atoms with Crippen molar-refractivity contribution in [2.75, 3.05) is 24.1 Å². The summed E-state index contributed by atoms with van der Waals surface area (Å²) >= 11 is 0. The second kappa shape index (κ2) is 9.78. The molecule has 0 aliphatic carbocycles. The van der Waals surface area contributed by atoms with Gasteiger partial charge in [0.25, 0.3) is 5.84 Å². The Balaban J connectivity index is 1.74. The minimum Gasteiger partial charge on any atom is -0.383 e. The molecule has 182 valence electrons. The van der Waals surface area contributed by atoms with Gasteiger partial charge >= 0.3 is 12.2 Å². The second-order valence-electron chi connectivity index (χ2n) is 7.11. The Labute approximate surface area is 190 Å². The number of hydrogen-bond donors (Lipinski definition) is 6. The number of rotatable bonds is 7. The molecule has 0 saturated carbocycles. The number of nitrogen functional groups attached to an aromatic ring is 1. The number of anilines is 2. The first-order chi connectivity index (χ1) is 16.0. The van der Waals surface area contributed by atoms with Gasteiger partial charge in [0, 0.05) is 30.1 Å². The van der Waals surface area contributed by atoms with Crippen LogP contribution in [0, 0.1) is 5.95 Å². The number of hydrazine groups is 2. The van der Waals surface area contributed by atoms with Gasteiger partial charge < -0.3 is 11.1 Å². The lowest BCUT2D eigenvalue weighted by Gasteiger charge is -2.11. The Kier molecular flexibility index (Phi) is 7.05. The molecular weight excluding hydrogens is 460 g/mol. The van der Waals surface area contributed by atoms with Crippen molar-refractivity contribution < 1.29 is 27.5 Å². The molecule has 3 heterocycles. The number of fused-ring (bicyclic) bond motifs is 1. The summed E-state index contributed by atoms with van der Waals surface area (Å²) < 4.78 is 55.2. The fraction of sp³-hybridized carbons (Fsp3) is 0.263. The number of halogens is 4. The summed E-state index contributed by atoms with van der Waals surface area (Å²) in [6, 6.07) is 2.93. The summed E-state index contributed by atoms with van der Waals surface area (Å²) in [6.45, 7) is 2.44. The van der Waals surface area contributed by atoms with Gasteiger partial charge in [0.2, 0.25) is 5.95 Å². The van der Waals surface area contributed by atoms with Crippen molar-refractivity contribution in [3.05, 3.63) is 42.1 Å². The van der Waals surface area contributed by atoms with Gasteiger partial charge in [0.05, 0.1) is 18.5 Å². The van der Waals surface area contributed by atoms with Crippen molar-refractivity contribution in [3.8, 4) is 11.1 Å². The van der Waals surface area contributed by atoms with Gasteiger partial charge in [-0.1, -0.05) is 0 Å². The number of carbonyl (C=O) groups excluding carboxylic acids is 1. The molecule has 0 radical (unpaired) electrons. The number of pyridine rings is 2. The molecule has 0 spiro atoms. The number of nitrogens with zero attached hydrogens (tertiary/aromatic N) is 4. The Bertz CT molecular complexity index is 1220. The molecule has 0 bridgehead atoms. The highest BCUT2D eigenvalue weighted by Crippen LogP contribution is 2.35. The number of carbonyl (C=O) groups is 1. The number of aromatic nitrogens is 3. The van der Waals surface area contributed by atoms with Crippen LogP contribution >= 0.6 is 0 Å². The molecule has 2 amide bonds. The van der Waals surface area contributed by atoms with Crippen LogP contribution in [-0.2, 0) is 6.18 Å². The zero-order valence-electron chi connectivity index (χ0n) is 17.9. The fourth-order valence-electron chi connectivity index (χ4n) is 2.91. The maximum atomic E-state index is 14.8. The van der Waals surface area contributed by atoms with Gasteiger partial charge in [-0.3, -0.25) is 15.5 Å². The lowest BCUT2D eigenvalue weighted by molar-refractivity contribution is -0.649. The third-order valence-electron chi connectivity index (χ3n) is 4.66. The first-order valence-electron chi connectivity index (χ1n) is 9.95. The standard InChI is InChI=1S/C19H22F4N10O/c1-2-33(26)31-13(24)5-6-27-18(34)30-17-15(20)32-9-10(3-4-14(32)29-17)11-7-12(19(21,22)23)16(25)28-8-11/h3-4,7-9H,2,5-6,26H2,1H3,(H2,24,31)(H2,25,28)(H2,27,30,34)/p+1. The van der Waals surface area contributed by atoms with Crippen molar-refractivity contribution in [1.29, 1.82) is 0 Å². The molecule has 9 N–H and O–H groups in total. The van der Waals surface area contributed by atoms with E-state index < -0.39 is 29.5 Å². The van der Waals surface area contributed by atoms with Gasteiger partial charge in [-0.25, -0.2) is 20.6 Å². The van der Waals surface area contributed by atoms with Gasteiger partial charge in [-0.15, -0.1) is 0 Å². The molecule has 3 aromatic heterocycles. The molecule has 0 aliphatic heterocycles. The van der Waals surface area contributed by atoms with Crippen LogP contribution in [0.15, 0.2) is 30.6 Å².